The van der Waals surface area contributed by atoms with Gasteiger partial charge in [-0.25, -0.2) is 4.98 Å². The zero-order valence-electron chi connectivity index (χ0n) is 9.27. The van der Waals surface area contributed by atoms with Crippen LogP contribution >= 0.6 is 0 Å². The van der Waals surface area contributed by atoms with Gasteiger partial charge in [0.25, 0.3) is 0 Å². The number of nitrogens with two attached hydrogens (primary N) is 1. The van der Waals surface area contributed by atoms with Gasteiger partial charge in [-0.15, -0.1) is 0 Å². The van der Waals surface area contributed by atoms with Crippen molar-refractivity contribution in [3.05, 3.63) is 48.2 Å². The molecule has 3 heteroatoms. The molecule has 3 N–H and O–H groups in total. The lowest BCUT2D eigenvalue weighted by molar-refractivity contribution is 1.14. The molecule has 0 amide bonds. The lowest BCUT2D eigenvalue weighted by Crippen LogP contribution is -2.00. The predicted octanol–water partition coefficient (Wildman–Crippen LogP) is 2.97. The van der Waals surface area contributed by atoms with E-state index in [2.05, 4.69) is 23.3 Å². The summed E-state index contributed by atoms with van der Waals surface area (Å²) in [5.41, 5.74) is 8.82. The van der Waals surface area contributed by atoms with Gasteiger partial charge in [0.15, 0.2) is 5.82 Å². The molecule has 1 heterocycles. The molecule has 3 nitrogen and oxygen atoms in total. The van der Waals surface area contributed by atoms with Crippen molar-refractivity contribution in [2.45, 2.75) is 13.3 Å². The number of pyridine rings is 1. The SMILES string of the molecule is CCc1ccccc1Nc1ncccc1N. The molecule has 1 aromatic carbocycles. The number of para-hydroxylation sites is 1. The number of benzene rings is 1. The molecule has 0 bridgehead atoms. The van der Waals surface area contributed by atoms with Gasteiger partial charge in [0.1, 0.15) is 0 Å². The van der Waals surface area contributed by atoms with Crippen LogP contribution in [0.1, 0.15) is 12.5 Å². The first-order valence-corrected chi connectivity index (χ1v) is 5.36. The second-order valence-electron chi connectivity index (χ2n) is 3.58. The van der Waals surface area contributed by atoms with Crippen LogP contribution in [-0.4, -0.2) is 4.98 Å². The summed E-state index contributed by atoms with van der Waals surface area (Å²) < 4.78 is 0. The minimum absolute atomic E-state index is 0.661. The van der Waals surface area contributed by atoms with Crippen molar-refractivity contribution in [1.29, 1.82) is 0 Å². The summed E-state index contributed by atoms with van der Waals surface area (Å²) >= 11 is 0. The average Bonchev–Trinajstić information content (AvgIpc) is 2.33. The number of nitrogens with one attached hydrogen (secondary N) is 1. The summed E-state index contributed by atoms with van der Waals surface area (Å²) in [6.07, 6.45) is 2.71. The number of hydrogen-bond acceptors (Lipinski definition) is 3. The van der Waals surface area contributed by atoms with E-state index in [1.165, 1.54) is 5.56 Å². The second-order valence-corrected chi connectivity index (χ2v) is 3.58. The third-order valence-corrected chi connectivity index (χ3v) is 2.49. The minimum Gasteiger partial charge on any atom is -0.396 e. The molecule has 0 atom stereocenters. The molecule has 2 aromatic rings. The lowest BCUT2D eigenvalue weighted by atomic mass is 10.1. The van der Waals surface area contributed by atoms with E-state index in [9.17, 15) is 0 Å². The number of nitrogen functional groups attached to an aromatic ring is 1. The van der Waals surface area contributed by atoms with E-state index in [0.717, 1.165) is 12.1 Å². The molecule has 0 fully saturated rings. The molecule has 0 spiro atoms. The normalized spacial score (nSPS) is 10.1. The number of aromatic nitrogens is 1. The van der Waals surface area contributed by atoms with Gasteiger partial charge in [-0.2, -0.15) is 0 Å². The van der Waals surface area contributed by atoms with Crippen LogP contribution in [0.4, 0.5) is 17.2 Å². The van der Waals surface area contributed by atoms with Crippen molar-refractivity contribution in [1.82, 2.24) is 4.98 Å². The van der Waals surface area contributed by atoms with Crippen molar-refractivity contribution in [3.8, 4) is 0 Å². The Kier molecular flexibility index (Phi) is 3.05. The highest BCUT2D eigenvalue weighted by molar-refractivity contribution is 5.69. The predicted molar refractivity (Wildman–Crippen MR) is 67.8 cm³/mol. The van der Waals surface area contributed by atoms with Crippen LogP contribution in [0.25, 0.3) is 0 Å². The first-order chi connectivity index (χ1) is 7.81. The fourth-order valence-corrected chi connectivity index (χ4v) is 1.60. The Balaban J connectivity index is 2.30. The molecule has 16 heavy (non-hydrogen) atoms. The highest BCUT2D eigenvalue weighted by Gasteiger charge is 2.03. The van der Waals surface area contributed by atoms with Gasteiger partial charge >= 0.3 is 0 Å². The molecule has 0 unspecified atom stereocenters. The maximum absolute atomic E-state index is 5.83. The monoisotopic (exact) mass is 213 g/mol. The largest absolute Gasteiger partial charge is 0.396 e. The number of hydrogen-bond donors (Lipinski definition) is 2. The van der Waals surface area contributed by atoms with E-state index >= 15 is 0 Å². The van der Waals surface area contributed by atoms with Crippen molar-refractivity contribution in [2.24, 2.45) is 0 Å². The Labute approximate surface area is 95.3 Å². The summed E-state index contributed by atoms with van der Waals surface area (Å²) in [4.78, 5) is 4.21. The molecule has 0 aliphatic carbocycles. The van der Waals surface area contributed by atoms with Crippen LogP contribution in [0, 0.1) is 0 Å². The second kappa shape index (κ2) is 4.66. The van der Waals surface area contributed by atoms with Crippen molar-refractivity contribution in [3.63, 3.8) is 0 Å². The summed E-state index contributed by atoms with van der Waals surface area (Å²) in [5.74, 6) is 0.711. The van der Waals surface area contributed by atoms with E-state index in [0.29, 0.717) is 11.5 Å². The van der Waals surface area contributed by atoms with Crippen molar-refractivity contribution >= 4 is 17.2 Å². The van der Waals surface area contributed by atoms with Crippen LogP contribution in [0.2, 0.25) is 0 Å². The summed E-state index contributed by atoms with van der Waals surface area (Å²) in [6, 6.07) is 11.8. The molecule has 0 radical (unpaired) electrons. The Morgan fingerprint density at radius 3 is 2.75 bits per heavy atom. The number of rotatable bonds is 3. The van der Waals surface area contributed by atoms with E-state index in [-0.39, 0.29) is 0 Å². The van der Waals surface area contributed by atoms with E-state index < -0.39 is 0 Å². The number of anilines is 3. The molecule has 82 valence electrons. The molecule has 0 saturated heterocycles. The third-order valence-electron chi connectivity index (χ3n) is 2.49. The number of nitrogens with zero attached hydrogens (tertiary/aromatic N) is 1. The fourth-order valence-electron chi connectivity index (χ4n) is 1.60. The third kappa shape index (κ3) is 2.14. The summed E-state index contributed by atoms with van der Waals surface area (Å²) in [7, 11) is 0. The molecule has 0 saturated carbocycles. The van der Waals surface area contributed by atoms with Crippen LogP contribution < -0.4 is 11.1 Å². The smallest absolute Gasteiger partial charge is 0.153 e. The highest BCUT2D eigenvalue weighted by atomic mass is 15.0. The Bertz CT molecular complexity index is 480. The fraction of sp³-hybridized carbons (Fsp3) is 0.154. The number of aryl methyl sites for hydroxylation is 1. The Hall–Kier alpha value is -2.03. The topological polar surface area (TPSA) is 50.9 Å². The van der Waals surface area contributed by atoms with Crippen molar-refractivity contribution in [2.75, 3.05) is 11.1 Å². The van der Waals surface area contributed by atoms with Crippen LogP contribution in [0.15, 0.2) is 42.6 Å². The molecule has 1 aromatic heterocycles. The standard InChI is InChI=1S/C13H15N3/c1-2-10-6-3-4-8-12(10)16-13-11(14)7-5-9-15-13/h3-9H,2,14H2,1H3,(H,15,16). The maximum Gasteiger partial charge on any atom is 0.153 e. The first-order valence-electron chi connectivity index (χ1n) is 5.36. The van der Waals surface area contributed by atoms with E-state index in [1.807, 2.05) is 30.3 Å². The van der Waals surface area contributed by atoms with Gasteiger partial charge in [-0.1, -0.05) is 25.1 Å². The van der Waals surface area contributed by atoms with Gasteiger partial charge in [0.2, 0.25) is 0 Å². The van der Waals surface area contributed by atoms with E-state index in [1.54, 1.807) is 6.20 Å². The molecule has 0 aliphatic rings. The van der Waals surface area contributed by atoms with Crippen LogP contribution in [-0.2, 0) is 6.42 Å². The quantitative estimate of drug-likeness (QED) is 0.824. The summed E-state index contributed by atoms with van der Waals surface area (Å²) in [6.45, 7) is 2.13. The molecular formula is C13H15N3. The van der Waals surface area contributed by atoms with Gasteiger partial charge in [0, 0.05) is 11.9 Å². The Morgan fingerprint density at radius 1 is 1.19 bits per heavy atom. The van der Waals surface area contributed by atoms with Gasteiger partial charge < -0.3 is 11.1 Å². The average molecular weight is 213 g/mol. The van der Waals surface area contributed by atoms with Gasteiger partial charge in [-0.3, -0.25) is 0 Å². The molecule has 2 rings (SSSR count). The van der Waals surface area contributed by atoms with Gasteiger partial charge in [-0.05, 0) is 30.2 Å². The zero-order chi connectivity index (χ0) is 11.4. The lowest BCUT2D eigenvalue weighted by Gasteiger charge is -2.11. The molecule has 0 aliphatic heterocycles. The van der Waals surface area contributed by atoms with Crippen LogP contribution in [0.5, 0.6) is 0 Å². The van der Waals surface area contributed by atoms with Gasteiger partial charge in [0.05, 0.1) is 5.69 Å². The first kappa shape index (κ1) is 10.5. The van der Waals surface area contributed by atoms with Crippen molar-refractivity contribution < 1.29 is 0 Å². The highest BCUT2D eigenvalue weighted by Crippen LogP contribution is 2.23. The van der Waals surface area contributed by atoms with Crippen LogP contribution in [0.3, 0.4) is 0 Å². The van der Waals surface area contributed by atoms with E-state index in [4.69, 9.17) is 5.73 Å². The maximum atomic E-state index is 5.83. The Morgan fingerprint density at radius 2 is 2.00 bits per heavy atom. The summed E-state index contributed by atoms with van der Waals surface area (Å²) in [5, 5.41) is 3.26. The molecular weight excluding hydrogens is 198 g/mol. The zero-order valence-corrected chi connectivity index (χ0v) is 9.27. The minimum atomic E-state index is 0.661.